The fraction of sp³-hybridized carbons (Fsp3) is 0.400. The summed E-state index contributed by atoms with van der Waals surface area (Å²) in [5.74, 6) is 0. The van der Waals surface area contributed by atoms with Crippen LogP contribution >= 0.6 is 35.6 Å². The summed E-state index contributed by atoms with van der Waals surface area (Å²) < 4.78 is 26.2. The number of unbranched alkanes of at least 4 members (excludes halogenated alkanes) is 1. The Labute approximate surface area is 123 Å². The zero-order valence-electron chi connectivity index (χ0n) is 9.53. The van der Waals surface area contributed by atoms with E-state index in [9.17, 15) is 8.42 Å². The van der Waals surface area contributed by atoms with Crippen molar-refractivity contribution in [3.63, 3.8) is 0 Å². The number of hydrogen-bond donors (Lipinski definition) is 2. The van der Waals surface area contributed by atoms with E-state index in [2.05, 4.69) is 4.72 Å². The van der Waals surface area contributed by atoms with E-state index in [0.29, 0.717) is 19.5 Å². The van der Waals surface area contributed by atoms with Crippen LogP contribution in [0.5, 0.6) is 0 Å². The molecule has 8 heteroatoms. The third-order valence-corrected chi connectivity index (χ3v) is 4.56. The van der Waals surface area contributed by atoms with Crippen LogP contribution in [0.2, 0.25) is 10.0 Å². The summed E-state index contributed by atoms with van der Waals surface area (Å²) in [6.07, 6.45) is 1.46. The second kappa shape index (κ2) is 8.19. The van der Waals surface area contributed by atoms with Crippen molar-refractivity contribution in [3.8, 4) is 0 Å². The molecule has 0 heterocycles. The van der Waals surface area contributed by atoms with Gasteiger partial charge in [0.15, 0.2) is 0 Å². The number of nitrogens with two attached hydrogens (primary N) is 1. The lowest BCUT2D eigenvalue weighted by molar-refractivity contribution is 0.577. The van der Waals surface area contributed by atoms with Crippen molar-refractivity contribution in [3.05, 3.63) is 28.2 Å². The Morgan fingerprint density at radius 2 is 1.89 bits per heavy atom. The Bertz CT molecular complexity index is 480. The average molecular weight is 334 g/mol. The van der Waals surface area contributed by atoms with Crippen LogP contribution in [-0.2, 0) is 10.0 Å². The van der Waals surface area contributed by atoms with Crippen LogP contribution in [-0.4, -0.2) is 21.5 Å². The molecule has 18 heavy (non-hydrogen) atoms. The molecule has 0 aromatic heterocycles. The van der Waals surface area contributed by atoms with Gasteiger partial charge in [-0.1, -0.05) is 29.3 Å². The Hall–Kier alpha value is -0.0400. The van der Waals surface area contributed by atoms with Gasteiger partial charge in [-0.25, -0.2) is 13.1 Å². The van der Waals surface area contributed by atoms with E-state index < -0.39 is 10.0 Å². The third kappa shape index (κ3) is 4.91. The number of benzene rings is 1. The topological polar surface area (TPSA) is 72.2 Å². The number of sulfonamides is 1. The van der Waals surface area contributed by atoms with Gasteiger partial charge in [0.05, 0.1) is 10.0 Å². The molecule has 1 aromatic carbocycles. The lowest BCUT2D eigenvalue weighted by Gasteiger charge is -2.08. The minimum atomic E-state index is -3.60. The van der Waals surface area contributed by atoms with Crippen LogP contribution in [0, 0.1) is 0 Å². The van der Waals surface area contributed by atoms with Crippen molar-refractivity contribution in [1.82, 2.24) is 4.72 Å². The van der Waals surface area contributed by atoms with E-state index in [-0.39, 0.29) is 27.3 Å². The first kappa shape index (κ1) is 18.0. The van der Waals surface area contributed by atoms with E-state index in [1.165, 1.54) is 12.1 Å². The molecule has 0 aliphatic heterocycles. The van der Waals surface area contributed by atoms with Crippen LogP contribution in [0.3, 0.4) is 0 Å². The maximum atomic E-state index is 11.9. The largest absolute Gasteiger partial charge is 0.330 e. The summed E-state index contributed by atoms with van der Waals surface area (Å²) in [6.45, 7) is 0.877. The second-order valence-electron chi connectivity index (χ2n) is 3.45. The van der Waals surface area contributed by atoms with Gasteiger partial charge in [-0.15, -0.1) is 12.4 Å². The molecule has 0 unspecified atom stereocenters. The Kier molecular flexibility index (Phi) is 8.18. The van der Waals surface area contributed by atoms with Crippen molar-refractivity contribution in [2.75, 3.05) is 13.1 Å². The highest BCUT2D eigenvalue weighted by atomic mass is 35.5. The SMILES string of the molecule is Cl.NCCCCNS(=O)(=O)c1cccc(Cl)c1Cl. The van der Waals surface area contributed by atoms with Crippen LogP contribution in [0.4, 0.5) is 0 Å². The molecule has 0 aliphatic carbocycles. The van der Waals surface area contributed by atoms with Gasteiger partial charge in [-0.05, 0) is 31.5 Å². The molecule has 0 saturated carbocycles. The summed E-state index contributed by atoms with van der Waals surface area (Å²) in [5.41, 5.74) is 5.32. The summed E-state index contributed by atoms with van der Waals surface area (Å²) in [5, 5.41) is 0.261. The number of hydrogen-bond acceptors (Lipinski definition) is 3. The zero-order valence-corrected chi connectivity index (χ0v) is 12.7. The molecule has 4 nitrogen and oxygen atoms in total. The highest BCUT2D eigenvalue weighted by Crippen LogP contribution is 2.28. The quantitative estimate of drug-likeness (QED) is 0.785. The Morgan fingerprint density at radius 1 is 1.22 bits per heavy atom. The smallest absolute Gasteiger partial charge is 0.242 e. The summed E-state index contributed by atoms with van der Waals surface area (Å²) in [6, 6.07) is 4.50. The van der Waals surface area contributed by atoms with Crippen LogP contribution in [0.25, 0.3) is 0 Å². The number of nitrogens with one attached hydrogen (secondary N) is 1. The molecule has 0 atom stereocenters. The molecule has 0 spiro atoms. The standard InChI is InChI=1S/C10H14Cl2N2O2S.ClH/c11-8-4-3-5-9(10(8)12)17(15,16)14-7-2-1-6-13;/h3-5,14H,1-2,6-7,13H2;1H. The van der Waals surface area contributed by atoms with Gasteiger partial charge in [-0.3, -0.25) is 0 Å². The van der Waals surface area contributed by atoms with E-state index >= 15 is 0 Å². The molecule has 0 saturated heterocycles. The first-order chi connectivity index (χ1) is 7.99. The normalized spacial score (nSPS) is 11.1. The third-order valence-electron chi connectivity index (χ3n) is 2.13. The second-order valence-corrected chi connectivity index (χ2v) is 5.97. The van der Waals surface area contributed by atoms with Crippen molar-refractivity contribution < 1.29 is 8.42 Å². The first-order valence-electron chi connectivity index (χ1n) is 5.13. The van der Waals surface area contributed by atoms with Crippen LogP contribution in [0.15, 0.2) is 23.1 Å². The summed E-state index contributed by atoms with van der Waals surface area (Å²) >= 11 is 11.6. The highest BCUT2D eigenvalue weighted by molar-refractivity contribution is 7.89. The van der Waals surface area contributed by atoms with Crippen molar-refractivity contribution in [2.45, 2.75) is 17.7 Å². The van der Waals surface area contributed by atoms with E-state index in [1.807, 2.05) is 0 Å². The van der Waals surface area contributed by atoms with Crippen LogP contribution < -0.4 is 10.5 Å². The Balaban J connectivity index is 0.00000289. The molecule has 0 aliphatic rings. The van der Waals surface area contributed by atoms with Gasteiger partial charge in [-0.2, -0.15) is 0 Å². The van der Waals surface area contributed by atoms with Crippen molar-refractivity contribution in [1.29, 1.82) is 0 Å². The van der Waals surface area contributed by atoms with Crippen LogP contribution in [0.1, 0.15) is 12.8 Å². The molecular weight excluding hydrogens is 319 g/mol. The maximum Gasteiger partial charge on any atom is 0.242 e. The molecule has 3 N–H and O–H groups in total. The van der Waals surface area contributed by atoms with E-state index in [1.54, 1.807) is 6.07 Å². The minimum Gasteiger partial charge on any atom is -0.330 e. The Morgan fingerprint density at radius 3 is 2.50 bits per heavy atom. The fourth-order valence-electron chi connectivity index (χ4n) is 1.25. The van der Waals surface area contributed by atoms with E-state index in [4.69, 9.17) is 28.9 Å². The molecule has 1 rings (SSSR count). The molecule has 0 amide bonds. The lowest BCUT2D eigenvalue weighted by Crippen LogP contribution is -2.25. The van der Waals surface area contributed by atoms with Gasteiger partial charge < -0.3 is 5.73 Å². The molecule has 0 fully saturated rings. The first-order valence-corrected chi connectivity index (χ1v) is 7.36. The predicted octanol–water partition coefficient (Wildman–Crippen LogP) is 2.43. The van der Waals surface area contributed by atoms with E-state index in [0.717, 1.165) is 6.42 Å². The van der Waals surface area contributed by atoms with Gasteiger partial charge in [0.2, 0.25) is 10.0 Å². The summed E-state index contributed by atoms with van der Waals surface area (Å²) in [4.78, 5) is -0.000542. The minimum absolute atomic E-state index is 0. The highest BCUT2D eigenvalue weighted by Gasteiger charge is 2.18. The van der Waals surface area contributed by atoms with Crippen molar-refractivity contribution in [2.24, 2.45) is 5.73 Å². The van der Waals surface area contributed by atoms with Crippen molar-refractivity contribution >= 4 is 45.6 Å². The van der Waals surface area contributed by atoms with Gasteiger partial charge in [0, 0.05) is 6.54 Å². The lowest BCUT2D eigenvalue weighted by atomic mass is 10.3. The fourth-order valence-corrected chi connectivity index (χ4v) is 3.08. The van der Waals surface area contributed by atoms with Gasteiger partial charge in [0.25, 0.3) is 0 Å². The summed E-state index contributed by atoms with van der Waals surface area (Å²) in [7, 11) is -3.60. The molecule has 0 radical (unpaired) electrons. The molecule has 104 valence electrons. The monoisotopic (exact) mass is 332 g/mol. The maximum absolute atomic E-state index is 11.9. The molecular formula is C10H15Cl3N2O2S. The average Bonchev–Trinajstić information content (AvgIpc) is 2.28. The number of halogens is 3. The van der Waals surface area contributed by atoms with Gasteiger partial charge in [0.1, 0.15) is 4.90 Å². The van der Waals surface area contributed by atoms with Gasteiger partial charge >= 0.3 is 0 Å². The molecule has 0 bridgehead atoms. The molecule has 1 aromatic rings. The zero-order chi connectivity index (χ0) is 12.9. The number of rotatable bonds is 6. The predicted molar refractivity (Wildman–Crippen MR) is 77.2 cm³/mol.